The minimum absolute atomic E-state index is 0.0260. The molecule has 0 rings (SSSR count). The second kappa shape index (κ2) is 11.1. The largest absolute Gasteiger partial charge is 0.381 e. The van der Waals surface area contributed by atoms with Crippen molar-refractivity contribution in [3.05, 3.63) is 0 Å². The van der Waals surface area contributed by atoms with Gasteiger partial charge in [-0.2, -0.15) is 0 Å². The lowest BCUT2D eigenvalue weighted by atomic mass is 10.1. The molecule has 110 valence electrons. The van der Waals surface area contributed by atoms with E-state index in [1.807, 2.05) is 6.92 Å². The number of rotatable bonds is 12. The highest BCUT2D eigenvalue weighted by Gasteiger charge is 2.16. The van der Waals surface area contributed by atoms with Gasteiger partial charge in [-0.05, 0) is 18.8 Å². The van der Waals surface area contributed by atoms with Crippen molar-refractivity contribution in [2.24, 2.45) is 5.92 Å². The zero-order chi connectivity index (χ0) is 13.9. The highest BCUT2D eigenvalue weighted by molar-refractivity contribution is 8.13. The van der Waals surface area contributed by atoms with Gasteiger partial charge in [0.05, 0.1) is 12.4 Å². The Balaban J connectivity index is 3.64. The maximum absolute atomic E-state index is 11.0. The molecule has 0 spiro atoms. The molecule has 0 saturated carbocycles. The molecule has 0 aliphatic carbocycles. The van der Waals surface area contributed by atoms with Crippen molar-refractivity contribution in [1.29, 1.82) is 0 Å². The van der Waals surface area contributed by atoms with Gasteiger partial charge in [0.2, 0.25) is 9.05 Å². The van der Waals surface area contributed by atoms with Crippen molar-refractivity contribution >= 4 is 19.7 Å². The van der Waals surface area contributed by atoms with E-state index in [0.717, 1.165) is 25.9 Å². The highest BCUT2D eigenvalue weighted by atomic mass is 35.7. The van der Waals surface area contributed by atoms with Gasteiger partial charge in [-0.3, -0.25) is 0 Å². The monoisotopic (exact) mass is 298 g/mol. The number of hydrogen-bond donors (Lipinski definition) is 0. The van der Waals surface area contributed by atoms with Crippen molar-refractivity contribution in [3.63, 3.8) is 0 Å². The van der Waals surface area contributed by atoms with E-state index in [1.165, 1.54) is 25.7 Å². The molecule has 0 aromatic rings. The molecule has 0 saturated heterocycles. The zero-order valence-electron chi connectivity index (χ0n) is 11.7. The first-order chi connectivity index (χ1) is 8.49. The summed E-state index contributed by atoms with van der Waals surface area (Å²) < 4.78 is 27.6. The lowest BCUT2D eigenvalue weighted by Gasteiger charge is -2.14. The van der Waals surface area contributed by atoms with Crippen LogP contribution in [0.15, 0.2) is 0 Å². The van der Waals surface area contributed by atoms with Crippen LogP contribution in [0.1, 0.15) is 58.8 Å². The lowest BCUT2D eigenvalue weighted by Crippen LogP contribution is -2.18. The van der Waals surface area contributed by atoms with E-state index in [1.54, 1.807) is 0 Å². The van der Waals surface area contributed by atoms with Crippen molar-refractivity contribution in [2.75, 3.05) is 19.0 Å². The SMILES string of the molecule is CCCCCCCOCC(CCC)CS(=O)(=O)Cl. The molecule has 3 nitrogen and oxygen atoms in total. The summed E-state index contributed by atoms with van der Waals surface area (Å²) in [5.41, 5.74) is 0. The predicted molar refractivity (Wildman–Crippen MR) is 77.6 cm³/mol. The molecule has 0 amide bonds. The van der Waals surface area contributed by atoms with Crippen LogP contribution >= 0.6 is 10.7 Å². The summed E-state index contributed by atoms with van der Waals surface area (Å²) in [6.45, 7) is 5.47. The molecule has 0 aromatic heterocycles. The molecule has 0 radical (unpaired) electrons. The molecule has 5 heteroatoms. The van der Waals surface area contributed by atoms with Crippen LogP contribution in [0.2, 0.25) is 0 Å². The van der Waals surface area contributed by atoms with Crippen molar-refractivity contribution < 1.29 is 13.2 Å². The van der Waals surface area contributed by atoms with Crippen LogP contribution < -0.4 is 0 Å². The van der Waals surface area contributed by atoms with Crippen LogP contribution in [0, 0.1) is 5.92 Å². The Kier molecular flexibility index (Phi) is 11.2. The highest BCUT2D eigenvalue weighted by Crippen LogP contribution is 2.13. The second-order valence-corrected chi connectivity index (χ2v) is 7.67. The quantitative estimate of drug-likeness (QED) is 0.404. The summed E-state index contributed by atoms with van der Waals surface area (Å²) in [7, 11) is 1.87. The average molecular weight is 299 g/mol. The van der Waals surface area contributed by atoms with E-state index >= 15 is 0 Å². The standard InChI is InChI=1S/C13H27ClO3S/c1-3-5-6-7-8-10-17-11-13(9-4-2)12-18(14,15)16/h13H,3-12H2,1-2H3. The van der Waals surface area contributed by atoms with Crippen LogP contribution in [-0.4, -0.2) is 27.4 Å². The smallest absolute Gasteiger partial charge is 0.232 e. The third-order valence-corrected chi connectivity index (χ3v) is 4.13. The average Bonchev–Trinajstić information content (AvgIpc) is 2.26. The molecule has 1 unspecified atom stereocenters. The summed E-state index contributed by atoms with van der Waals surface area (Å²) in [5, 5.41) is 0. The van der Waals surface area contributed by atoms with Crippen molar-refractivity contribution in [1.82, 2.24) is 0 Å². The number of unbranched alkanes of at least 4 members (excludes halogenated alkanes) is 4. The molecular formula is C13H27ClO3S. The van der Waals surface area contributed by atoms with Crippen LogP contribution in [0.25, 0.3) is 0 Å². The molecule has 1 atom stereocenters. The predicted octanol–water partition coefficient (Wildman–Crippen LogP) is 3.96. The molecule has 0 heterocycles. The molecule has 0 N–H and O–H groups in total. The second-order valence-electron chi connectivity index (χ2n) is 4.85. The summed E-state index contributed by atoms with van der Waals surface area (Å²) in [6, 6.07) is 0. The maximum atomic E-state index is 11.0. The van der Waals surface area contributed by atoms with Gasteiger partial charge in [-0.15, -0.1) is 0 Å². The van der Waals surface area contributed by atoms with Crippen LogP contribution in [0.4, 0.5) is 0 Å². The molecule has 0 bridgehead atoms. The molecule has 0 aliphatic rings. The minimum Gasteiger partial charge on any atom is -0.381 e. The van der Waals surface area contributed by atoms with Gasteiger partial charge >= 0.3 is 0 Å². The van der Waals surface area contributed by atoms with Crippen LogP contribution in [0.5, 0.6) is 0 Å². The molecular weight excluding hydrogens is 272 g/mol. The fourth-order valence-electron chi connectivity index (χ4n) is 1.96. The summed E-state index contributed by atoms with van der Waals surface area (Å²) in [5.74, 6) is 0.0613. The fraction of sp³-hybridized carbons (Fsp3) is 1.00. The first-order valence-electron chi connectivity index (χ1n) is 6.99. The minimum atomic E-state index is -3.41. The maximum Gasteiger partial charge on any atom is 0.232 e. The van der Waals surface area contributed by atoms with Gasteiger partial charge in [-0.25, -0.2) is 8.42 Å². The Morgan fingerprint density at radius 3 is 2.28 bits per heavy atom. The molecule has 18 heavy (non-hydrogen) atoms. The zero-order valence-corrected chi connectivity index (χ0v) is 13.2. The molecule has 0 fully saturated rings. The summed E-state index contributed by atoms with van der Waals surface area (Å²) >= 11 is 0. The Labute approximate surface area is 117 Å². The lowest BCUT2D eigenvalue weighted by molar-refractivity contribution is 0.0992. The Bertz CT molecular complexity index is 278. The van der Waals surface area contributed by atoms with E-state index in [9.17, 15) is 8.42 Å². The number of halogens is 1. The first-order valence-corrected chi connectivity index (χ1v) is 9.47. The van der Waals surface area contributed by atoms with Gasteiger partial charge in [0.15, 0.2) is 0 Å². The van der Waals surface area contributed by atoms with Crippen LogP contribution in [0.3, 0.4) is 0 Å². The van der Waals surface area contributed by atoms with E-state index < -0.39 is 9.05 Å². The fourth-order valence-corrected chi connectivity index (χ4v) is 3.32. The van der Waals surface area contributed by atoms with Gasteiger partial charge in [-0.1, -0.05) is 46.0 Å². The van der Waals surface area contributed by atoms with E-state index in [-0.39, 0.29) is 11.7 Å². The molecule has 0 aliphatic heterocycles. The Morgan fingerprint density at radius 1 is 1.06 bits per heavy atom. The summed E-state index contributed by atoms with van der Waals surface area (Å²) in [4.78, 5) is 0. The third kappa shape index (κ3) is 12.7. The van der Waals surface area contributed by atoms with Gasteiger partial charge < -0.3 is 4.74 Å². The van der Waals surface area contributed by atoms with E-state index in [0.29, 0.717) is 6.61 Å². The Hall–Kier alpha value is 0.200. The molecule has 0 aromatic carbocycles. The third-order valence-electron chi connectivity index (χ3n) is 2.88. The van der Waals surface area contributed by atoms with Gasteiger partial charge in [0.25, 0.3) is 0 Å². The summed E-state index contributed by atoms with van der Waals surface area (Å²) in [6.07, 6.45) is 7.84. The normalized spacial score (nSPS) is 13.7. The van der Waals surface area contributed by atoms with Crippen LogP contribution in [-0.2, 0) is 13.8 Å². The van der Waals surface area contributed by atoms with Gasteiger partial charge in [0, 0.05) is 17.3 Å². The number of ether oxygens (including phenoxy) is 1. The Morgan fingerprint density at radius 2 is 1.72 bits per heavy atom. The van der Waals surface area contributed by atoms with Gasteiger partial charge in [0.1, 0.15) is 0 Å². The van der Waals surface area contributed by atoms with E-state index in [2.05, 4.69) is 6.92 Å². The van der Waals surface area contributed by atoms with Crippen molar-refractivity contribution in [3.8, 4) is 0 Å². The number of hydrogen-bond acceptors (Lipinski definition) is 3. The van der Waals surface area contributed by atoms with Crippen molar-refractivity contribution in [2.45, 2.75) is 58.8 Å². The topological polar surface area (TPSA) is 43.4 Å². The first kappa shape index (κ1) is 18.2. The van der Waals surface area contributed by atoms with E-state index in [4.69, 9.17) is 15.4 Å².